The first-order chi connectivity index (χ1) is 17.6. The van der Waals surface area contributed by atoms with Crippen molar-refractivity contribution < 1.29 is 18.7 Å². The van der Waals surface area contributed by atoms with Crippen LogP contribution in [0.4, 0.5) is 4.39 Å². The van der Waals surface area contributed by atoms with Gasteiger partial charge in [-0.1, -0.05) is 12.6 Å². The van der Waals surface area contributed by atoms with Gasteiger partial charge in [-0.2, -0.15) is 0 Å². The van der Waals surface area contributed by atoms with E-state index in [-0.39, 0.29) is 23.1 Å². The second-order valence-corrected chi connectivity index (χ2v) is 8.83. The number of ketones is 1. The molecular weight excluding hydrogens is 471 g/mol. The van der Waals surface area contributed by atoms with E-state index in [9.17, 15) is 18.8 Å². The van der Waals surface area contributed by atoms with Crippen LogP contribution in [0.15, 0.2) is 72.2 Å². The maximum absolute atomic E-state index is 13.9. The fourth-order valence-corrected chi connectivity index (χ4v) is 4.36. The number of fused-ring (bicyclic) bond motifs is 1. The largest absolute Gasteiger partial charge is 0.456 e. The number of ether oxygens (including phenoxy) is 1. The molecule has 0 spiro atoms. The number of pyridine rings is 1. The third-order valence-electron chi connectivity index (χ3n) is 6.16. The molecule has 1 amide bonds. The van der Waals surface area contributed by atoms with Crippen LogP contribution in [-0.2, 0) is 7.05 Å². The van der Waals surface area contributed by atoms with Crippen LogP contribution in [0.5, 0.6) is 11.5 Å². The summed E-state index contributed by atoms with van der Waals surface area (Å²) in [5.41, 5.74) is 2.92. The molecule has 0 bridgehead atoms. The molecule has 1 aromatic heterocycles. The molecule has 0 unspecified atom stereocenters. The maximum atomic E-state index is 13.9. The van der Waals surface area contributed by atoms with E-state index < -0.39 is 0 Å². The lowest BCUT2D eigenvalue weighted by Gasteiger charge is -2.18. The molecule has 188 valence electrons. The molecule has 3 aromatic carbocycles. The summed E-state index contributed by atoms with van der Waals surface area (Å²) in [6, 6.07) is 12.7. The van der Waals surface area contributed by atoms with Gasteiger partial charge >= 0.3 is 0 Å². The van der Waals surface area contributed by atoms with E-state index >= 15 is 0 Å². The highest BCUT2D eigenvalue weighted by Crippen LogP contribution is 2.39. The highest BCUT2D eigenvalue weighted by molar-refractivity contribution is 6.07. The van der Waals surface area contributed by atoms with Crippen LogP contribution < -0.4 is 15.6 Å². The number of nitrogens with one attached hydrogen (secondary N) is 1. The molecular formula is C30H27FN2O4. The van der Waals surface area contributed by atoms with Gasteiger partial charge in [-0.15, -0.1) is 0 Å². The minimum atomic E-state index is -0.360. The van der Waals surface area contributed by atoms with Crippen molar-refractivity contribution in [2.24, 2.45) is 7.05 Å². The van der Waals surface area contributed by atoms with E-state index in [4.69, 9.17) is 4.74 Å². The lowest BCUT2D eigenvalue weighted by Crippen LogP contribution is -2.23. The summed E-state index contributed by atoms with van der Waals surface area (Å²) in [6.07, 6.45) is 2.90. The minimum absolute atomic E-state index is 0.268. The zero-order chi connectivity index (χ0) is 26.9. The number of hydrogen-bond acceptors (Lipinski definition) is 4. The summed E-state index contributed by atoms with van der Waals surface area (Å²) < 4.78 is 21.6. The average Bonchev–Trinajstić information content (AvgIpc) is 2.87. The van der Waals surface area contributed by atoms with Gasteiger partial charge in [0.2, 0.25) is 0 Å². The Kier molecular flexibility index (Phi) is 7.07. The van der Waals surface area contributed by atoms with Crippen LogP contribution in [0.3, 0.4) is 0 Å². The van der Waals surface area contributed by atoms with Crippen LogP contribution in [-0.4, -0.2) is 22.8 Å². The summed E-state index contributed by atoms with van der Waals surface area (Å²) >= 11 is 0. The van der Waals surface area contributed by atoms with E-state index in [1.807, 2.05) is 6.92 Å². The Morgan fingerprint density at radius 1 is 1.00 bits per heavy atom. The second-order valence-electron chi connectivity index (χ2n) is 8.83. The number of hydrogen-bond donors (Lipinski definition) is 1. The first-order valence-electron chi connectivity index (χ1n) is 11.8. The van der Waals surface area contributed by atoms with Crippen molar-refractivity contribution in [2.45, 2.75) is 20.8 Å². The molecule has 1 heterocycles. The molecule has 6 nitrogen and oxygen atoms in total. The average molecular weight is 499 g/mol. The number of amides is 1. The Balaban J connectivity index is 1.99. The number of benzene rings is 3. The van der Waals surface area contributed by atoms with E-state index in [0.29, 0.717) is 62.2 Å². The molecule has 37 heavy (non-hydrogen) atoms. The number of nitrogens with zero attached hydrogens (tertiary/aromatic N) is 1. The Morgan fingerprint density at radius 2 is 1.68 bits per heavy atom. The lowest BCUT2D eigenvalue weighted by molar-refractivity contribution is 0.0955. The highest BCUT2D eigenvalue weighted by atomic mass is 19.1. The quantitative estimate of drug-likeness (QED) is 0.255. The topological polar surface area (TPSA) is 77.4 Å². The normalized spacial score (nSPS) is 10.8. The maximum Gasteiger partial charge on any atom is 0.258 e. The Bertz CT molecular complexity index is 1610. The molecule has 0 radical (unpaired) electrons. The molecule has 4 rings (SSSR count). The number of halogens is 1. The van der Waals surface area contributed by atoms with E-state index in [0.717, 1.165) is 0 Å². The minimum Gasteiger partial charge on any atom is -0.456 e. The van der Waals surface area contributed by atoms with Crippen molar-refractivity contribution in [3.05, 3.63) is 106 Å². The van der Waals surface area contributed by atoms with Crippen LogP contribution in [0.1, 0.15) is 38.8 Å². The van der Waals surface area contributed by atoms with Gasteiger partial charge in [0.15, 0.2) is 5.78 Å². The van der Waals surface area contributed by atoms with Crippen LogP contribution in [0.2, 0.25) is 0 Å². The van der Waals surface area contributed by atoms with Crippen LogP contribution in [0, 0.1) is 19.7 Å². The predicted molar refractivity (Wildman–Crippen MR) is 143 cm³/mol. The zero-order valence-electron chi connectivity index (χ0n) is 21.1. The summed E-state index contributed by atoms with van der Waals surface area (Å²) in [4.78, 5) is 38.0. The first-order valence-corrected chi connectivity index (χ1v) is 11.8. The SMILES string of the molecule is C=CC(=O)c1ccc(Oc2c(C)cc(F)cc2C)c(-c2cn(C)c(=O)c3cc(C(=O)NCC)ccc23)c1. The first kappa shape index (κ1) is 25.6. The van der Waals surface area contributed by atoms with E-state index in [1.165, 1.54) is 22.8 Å². The van der Waals surface area contributed by atoms with Crippen molar-refractivity contribution in [1.82, 2.24) is 9.88 Å². The highest BCUT2D eigenvalue weighted by Gasteiger charge is 2.19. The standard InChI is InChI=1S/C30H27FN2O4/c1-6-26(34)19-9-11-27(37-28-17(3)12-21(31)13-18(28)4)23(14-19)25-16-33(5)30(36)24-15-20(8-10-22(24)25)29(35)32-7-2/h6,8-16H,1,7H2,2-5H3,(H,32,35). The van der Waals surface area contributed by atoms with Crippen molar-refractivity contribution in [1.29, 1.82) is 0 Å². The third kappa shape index (κ3) is 4.93. The molecule has 0 aliphatic carbocycles. The van der Waals surface area contributed by atoms with Gasteiger partial charge in [0.1, 0.15) is 17.3 Å². The van der Waals surface area contributed by atoms with Gasteiger partial charge in [0, 0.05) is 47.4 Å². The van der Waals surface area contributed by atoms with Crippen LogP contribution >= 0.6 is 0 Å². The van der Waals surface area contributed by atoms with Gasteiger partial charge in [-0.25, -0.2) is 4.39 Å². The molecule has 0 aliphatic heterocycles. The molecule has 7 heteroatoms. The molecule has 0 saturated heterocycles. The van der Waals surface area contributed by atoms with Gasteiger partial charge in [0.25, 0.3) is 11.5 Å². The molecule has 0 fully saturated rings. The van der Waals surface area contributed by atoms with Gasteiger partial charge < -0.3 is 14.6 Å². The lowest BCUT2D eigenvalue weighted by atomic mass is 9.95. The predicted octanol–water partition coefficient (Wildman–Crippen LogP) is 5.87. The Morgan fingerprint density at radius 3 is 2.32 bits per heavy atom. The van der Waals surface area contributed by atoms with Crippen molar-refractivity contribution in [3.8, 4) is 22.6 Å². The monoisotopic (exact) mass is 498 g/mol. The summed E-state index contributed by atoms with van der Waals surface area (Å²) in [5.74, 6) is 0.0158. The summed E-state index contributed by atoms with van der Waals surface area (Å²) in [7, 11) is 1.62. The summed E-state index contributed by atoms with van der Waals surface area (Å²) in [6.45, 7) is 9.37. The fourth-order valence-electron chi connectivity index (χ4n) is 4.36. The smallest absolute Gasteiger partial charge is 0.258 e. The second kappa shape index (κ2) is 10.2. The Hall–Kier alpha value is -4.52. The van der Waals surface area contributed by atoms with Gasteiger partial charge in [-0.05, 0) is 85.8 Å². The Labute approximate surface area is 214 Å². The molecule has 0 atom stereocenters. The number of allylic oxidation sites excluding steroid dienone is 1. The molecule has 0 aliphatic rings. The molecule has 4 aromatic rings. The summed E-state index contributed by atoms with van der Waals surface area (Å²) in [5, 5.41) is 3.69. The van der Waals surface area contributed by atoms with Crippen molar-refractivity contribution in [3.63, 3.8) is 0 Å². The van der Waals surface area contributed by atoms with Crippen molar-refractivity contribution >= 4 is 22.5 Å². The zero-order valence-corrected chi connectivity index (χ0v) is 21.1. The molecule has 1 N–H and O–H groups in total. The third-order valence-corrected chi connectivity index (χ3v) is 6.16. The van der Waals surface area contributed by atoms with E-state index in [2.05, 4.69) is 11.9 Å². The number of aryl methyl sites for hydroxylation is 3. The molecule has 0 saturated carbocycles. The van der Waals surface area contributed by atoms with Gasteiger partial charge in [0.05, 0.1) is 0 Å². The number of carbonyl (C=O) groups excluding carboxylic acids is 2. The number of aromatic nitrogens is 1. The van der Waals surface area contributed by atoms with Crippen molar-refractivity contribution in [2.75, 3.05) is 6.54 Å². The van der Waals surface area contributed by atoms with Gasteiger partial charge in [-0.3, -0.25) is 14.4 Å². The number of rotatable bonds is 7. The van der Waals surface area contributed by atoms with Crippen LogP contribution in [0.25, 0.3) is 21.9 Å². The number of carbonyl (C=O) groups is 2. The fraction of sp³-hybridized carbons (Fsp3) is 0.167. The van der Waals surface area contributed by atoms with E-state index in [1.54, 1.807) is 63.5 Å².